The second-order valence-corrected chi connectivity index (χ2v) is 8.47. The first-order chi connectivity index (χ1) is 13.8. The molecule has 0 atom stereocenters. The zero-order valence-corrected chi connectivity index (χ0v) is 19.0. The second-order valence-electron chi connectivity index (χ2n) is 6.17. The second kappa shape index (κ2) is 9.06. The molecule has 0 radical (unpaired) electrons. The molecule has 10 heteroatoms. The van der Waals surface area contributed by atoms with Gasteiger partial charge in [0.15, 0.2) is 11.0 Å². The molecule has 0 bridgehead atoms. The van der Waals surface area contributed by atoms with Crippen LogP contribution in [0.1, 0.15) is 12.7 Å². The maximum Gasteiger partial charge on any atom is 0.342 e. The number of halogens is 2. The monoisotopic (exact) mass is 496 g/mol. The number of benzene rings is 1. The zero-order valence-electron chi connectivity index (χ0n) is 15.9. The number of nitrogens with zero attached hydrogens (tertiary/aromatic N) is 4. The van der Waals surface area contributed by atoms with Crippen LogP contribution in [0.4, 0.5) is 5.88 Å². The standard InChI is InChI=1S/C19H18BrClN4O3S/c1-4-25-16(11-5-7-12(21)8-6-11)22-23-19(25)29-15(18(26)27)10-13-9-14(20)17(28-13)24(2)3/h5-10H,4H2,1-3H3,(H,26,27)/b15-10-. The Morgan fingerprint density at radius 2 is 2.03 bits per heavy atom. The maximum atomic E-state index is 11.8. The predicted molar refractivity (Wildman–Crippen MR) is 118 cm³/mol. The van der Waals surface area contributed by atoms with Crippen molar-refractivity contribution in [1.82, 2.24) is 14.8 Å². The highest BCUT2D eigenvalue weighted by Crippen LogP contribution is 2.34. The van der Waals surface area contributed by atoms with Crippen molar-refractivity contribution in [3.05, 3.63) is 50.5 Å². The summed E-state index contributed by atoms with van der Waals surface area (Å²) in [4.78, 5) is 13.7. The lowest BCUT2D eigenvalue weighted by molar-refractivity contribution is -0.131. The third kappa shape index (κ3) is 4.85. The molecule has 2 aromatic heterocycles. The average molecular weight is 498 g/mol. The molecule has 0 unspecified atom stereocenters. The van der Waals surface area contributed by atoms with Crippen LogP contribution in [0.2, 0.25) is 5.02 Å². The minimum absolute atomic E-state index is 0.0707. The van der Waals surface area contributed by atoms with Gasteiger partial charge in [-0.2, -0.15) is 0 Å². The van der Waals surface area contributed by atoms with Crippen molar-refractivity contribution in [1.29, 1.82) is 0 Å². The van der Waals surface area contributed by atoms with Crippen LogP contribution < -0.4 is 4.90 Å². The van der Waals surface area contributed by atoms with Gasteiger partial charge in [0.1, 0.15) is 10.7 Å². The number of carboxylic acids is 1. The number of anilines is 1. The summed E-state index contributed by atoms with van der Waals surface area (Å²) in [7, 11) is 3.68. The van der Waals surface area contributed by atoms with Crippen molar-refractivity contribution in [2.24, 2.45) is 0 Å². The molecule has 0 spiro atoms. The average Bonchev–Trinajstić information content (AvgIpc) is 3.24. The minimum atomic E-state index is -1.08. The van der Waals surface area contributed by atoms with Gasteiger partial charge in [0.2, 0.25) is 5.88 Å². The molecule has 2 heterocycles. The number of furan rings is 1. The molecule has 0 aliphatic heterocycles. The first kappa shape index (κ1) is 21.5. The van der Waals surface area contributed by atoms with Gasteiger partial charge >= 0.3 is 5.97 Å². The molecule has 7 nitrogen and oxygen atoms in total. The van der Waals surface area contributed by atoms with Crippen molar-refractivity contribution < 1.29 is 14.3 Å². The first-order valence-electron chi connectivity index (χ1n) is 8.58. The molecule has 0 saturated heterocycles. The molecule has 1 N–H and O–H groups in total. The van der Waals surface area contributed by atoms with E-state index >= 15 is 0 Å². The van der Waals surface area contributed by atoms with Crippen molar-refractivity contribution in [3.8, 4) is 11.4 Å². The Morgan fingerprint density at radius 3 is 2.59 bits per heavy atom. The maximum absolute atomic E-state index is 11.8. The first-order valence-corrected chi connectivity index (χ1v) is 10.6. The smallest absolute Gasteiger partial charge is 0.342 e. The number of carboxylic acid groups (broad SMARTS) is 1. The van der Waals surface area contributed by atoms with Gasteiger partial charge in [-0.15, -0.1) is 10.2 Å². The Morgan fingerprint density at radius 1 is 1.34 bits per heavy atom. The van der Waals surface area contributed by atoms with Crippen molar-refractivity contribution in [2.45, 2.75) is 18.6 Å². The van der Waals surface area contributed by atoms with Crippen LogP contribution in [0, 0.1) is 0 Å². The fraction of sp³-hybridized carbons (Fsp3) is 0.211. The molecule has 29 heavy (non-hydrogen) atoms. The number of aromatic nitrogens is 3. The summed E-state index contributed by atoms with van der Waals surface area (Å²) in [6, 6.07) is 8.98. The number of rotatable bonds is 7. The quantitative estimate of drug-likeness (QED) is 0.352. The van der Waals surface area contributed by atoms with E-state index in [0.717, 1.165) is 21.8 Å². The molecule has 1 aromatic carbocycles. The highest BCUT2D eigenvalue weighted by atomic mass is 79.9. The highest BCUT2D eigenvalue weighted by molar-refractivity contribution is 9.10. The summed E-state index contributed by atoms with van der Waals surface area (Å²) in [5, 5.41) is 19.2. The van der Waals surface area contributed by atoms with Gasteiger partial charge in [-0.25, -0.2) is 4.79 Å². The van der Waals surface area contributed by atoms with Crippen LogP contribution in [0.5, 0.6) is 0 Å². The van der Waals surface area contributed by atoms with E-state index in [-0.39, 0.29) is 4.91 Å². The fourth-order valence-electron chi connectivity index (χ4n) is 2.58. The van der Waals surface area contributed by atoms with Crippen LogP contribution in [-0.2, 0) is 11.3 Å². The van der Waals surface area contributed by atoms with E-state index in [2.05, 4.69) is 26.1 Å². The minimum Gasteiger partial charge on any atom is -0.477 e. The lowest BCUT2D eigenvalue weighted by atomic mass is 10.2. The molecule has 0 aliphatic carbocycles. The normalized spacial score (nSPS) is 11.7. The van der Waals surface area contributed by atoms with Crippen LogP contribution in [0.25, 0.3) is 17.5 Å². The Balaban J connectivity index is 1.94. The van der Waals surface area contributed by atoms with Gasteiger partial charge in [0.25, 0.3) is 0 Å². The molecular weight excluding hydrogens is 480 g/mol. The van der Waals surface area contributed by atoms with E-state index in [9.17, 15) is 9.90 Å². The van der Waals surface area contributed by atoms with Crippen LogP contribution >= 0.6 is 39.3 Å². The molecule has 0 aliphatic rings. The van der Waals surface area contributed by atoms with Crippen molar-refractivity contribution >= 4 is 57.2 Å². The lowest BCUT2D eigenvalue weighted by Crippen LogP contribution is -2.07. The predicted octanol–water partition coefficient (Wildman–Crippen LogP) is 5.26. The topological polar surface area (TPSA) is 84.4 Å². The number of hydrogen-bond acceptors (Lipinski definition) is 6. The number of aliphatic carboxylic acids is 1. The van der Waals surface area contributed by atoms with E-state index < -0.39 is 5.97 Å². The van der Waals surface area contributed by atoms with E-state index in [0.29, 0.717) is 34.2 Å². The fourth-order valence-corrected chi connectivity index (χ4v) is 4.23. The summed E-state index contributed by atoms with van der Waals surface area (Å²) >= 11 is 10.4. The Labute approximate surface area is 185 Å². The number of carbonyl (C=O) groups is 1. The highest BCUT2D eigenvalue weighted by Gasteiger charge is 2.19. The Bertz CT molecular complexity index is 1060. The summed E-state index contributed by atoms with van der Waals surface area (Å²) in [5.41, 5.74) is 0.849. The lowest BCUT2D eigenvalue weighted by Gasteiger charge is -2.08. The van der Waals surface area contributed by atoms with Crippen molar-refractivity contribution in [3.63, 3.8) is 0 Å². The number of thioether (sulfide) groups is 1. The van der Waals surface area contributed by atoms with E-state index in [1.165, 1.54) is 6.08 Å². The van der Waals surface area contributed by atoms with Crippen LogP contribution in [0.3, 0.4) is 0 Å². The van der Waals surface area contributed by atoms with Gasteiger partial charge < -0.3 is 19.0 Å². The van der Waals surface area contributed by atoms with E-state index in [1.54, 1.807) is 23.1 Å². The third-order valence-electron chi connectivity index (χ3n) is 3.91. The SMILES string of the molecule is CCn1c(S/C(=C\c2cc(Br)c(N(C)C)o2)C(=O)O)nnc1-c1ccc(Cl)cc1. The molecular formula is C19H18BrClN4O3S. The molecule has 0 fully saturated rings. The van der Waals surface area contributed by atoms with Gasteiger partial charge in [-0.05, 0) is 58.9 Å². The Kier molecular flexibility index (Phi) is 6.71. The molecule has 3 rings (SSSR count). The summed E-state index contributed by atoms with van der Waals surface area (Å²) < 4.78 is 8.30. The van der Waals surface area contributed by atoms with E-state index in [1.807, 2.05) is 37.7 Å². The summed E-state index contributed by atoms with van der Waals surface area (Å²) in [6.07, 6.45) is 1.47. The Hall–Kier alpha value is -2.23. The zero-order chi connectivity index (χ0) is 21.1. The third-order valence-corrected chi connectivity index (χ3v) is 5.73. The van der Waals surface area contributed by atoms with Crippen LogP contribution in [-0.4, -0.2) is 39.9 Å². The van der Waals surface area contributed by atoms with Crippen LogP contribution in [0.15, 0.2) is 49.3 Å². The largest absolute Gasteiger partial charge is 0.477 e. The molecule has 3 aromatic rings. The van der Waals surface area contributed by atoms with Crippen molar-refractivity contribution in [2.75, 3.05) is 19.0 Å². The molecule has 0 amide bonds. The summed E-state index contributed by atoms with van der Waals surface area (Å²) in [6.45, 7) is 2.53. The molecule has 152 valence electrons. The van der Waals surface area contributed by atoms with E-state index in [4.69, 9.17) is 16.0 Å². The van der Waals surface area contributed by atoms with Gasteiger partial charge in [-0.3, -0.25) is 0 Å². The molecule has 0 saturated carbocycles. The number of hydrogen-bond donors (Lipinski definition) is 1. The van der Waals surface area contributed by atoms with Gasteiger partial charge in [0, 0.05) is 43.4 Å². The van der Waals surface area contributed by atoms with Gasteiger partial charge in [-0.1, -0.05) is 11.6 Å². The summed E-state index contributed by atoms with van der Waals surface area (Å²) in [5.74, 6) is 0.596. The van der Waals surface area contributed by atoms with Gasteiger partial charge in [0.05, 0.1) is 4.47 Å².